The smallest absolute Gasteiger partial charge is 0.150 e. The number of rotatable bonds is 3. The Bertz CT molecular complexity index is 421. The van der Waals surface area contributed by atoms with Crippen molar-refractivity contribution in [1.82, 2.24) is 15.0 Å². The lowest BCUT2D eigenvalue weighted by atomic mass is 10.1. The van der Waals surface area contributed by atoms with Gasteiger partial charge in [0.25, 0.3) is 0 Å². The number of hydrogen-bond donors (Lipinski definition) is 0. The monoisotopic (exact) mass is 265 g/mol. The average Bonchev–Trinajstić information content (AvgIpc) is 2.68. The molecule has 0 aromatic carbocycles. The quantitative estimate of drug-likeness (QED) is 0.815. The van der Waals surface area contributed by atoms with Gasteiger partial charge in [-0.15, -0.1) is 0 Å². The van der Waals surface area contributed by atoms with Crippen LogP contribution in [0, 0.1) is 5.92 Å². The Labute approximate surface area is 114 Å². The van der Waals surface area contributed by atoms with Crippen LogP contribution in [0.4, 0.5) is 0 Å². The zero-order valence-electron chi connectivity index (χ0n) is 11.8. The molecule has 19 heavy (non-hydrogen) atoms. The minimum absolute atomic E-state index is 0.501. The maximum atomic E-state index is 5.75. The average molecular weight is 265 g/mol. The zero-order valence-corrected chi connectivity index (χ0v) is 11.8. The molecule has 3 heterocycles. The van der Waals surface area contributed by atoms with E-state index in [-0.39, 0.29) is 0 Å². The van der Waals surface area contributed by atoms with Crippen LogP contribution < -0.4 is 0 Å². The molecule has 0 N–H and O–H groups in total. The molecule has 0 radical (unpaired) electrons. The Kier molecular flexibility index (Phi) is 3.86. The third-order valence-corrected chi connectivity index (χ3v) is 4.17. The van der Waals surface area contributed by atoms with Crippen molar-refractivity contribution < 1.29 is 9.26 Å². The van der Waals surface area contributed by atoms with Gasteiger partial charge in [-0.1, -0.05) is 12.1 Å². The number of nitrogens with zero attached hydrogens (tertiary/aromatic N) is 3. The fraction of sp³-hybridized carbons (Fsp3) is 0.786. The van der Waals surface area contributed by atoms with E-state index in [1.807, 2.05) is 0 Å². The molecule has 0 saturated carbocycles. The summed E-state index contributed by atoms with van der Waals surface area (Å²) < 4.78 is 11.2. The first-order valence-corrected chi connectivity index (χ1v) is 7.19. The van der Waals surface area contributed by atoms with E-state index in [2.05, 4.69) is 35.0 Å². The molecule has 2 bridgehead atoms. The molecule has 2 atom stereocenters. The number of ether oxygens (including phenoxy) is 1. The zero-order chi connectivity index (χ0) is 13.2. The number of hydrogen-bond acceptors (Lipinski definition) is 5. The van der Waals surface area contributed by atoms with Crippen molar-refractivity contribution in [2.45, 2.75) is 25.9 Å². The van der Waals surface area contributed by atoms with Gasteiger partial charge in [-0.05, 0) is 13.5 Å². The molecule has 2 saturated heterocycles. The molecule has 0 unspecified atom stereocenters. The van der Waals surface area contributed by atoms with Crippen molar-refractivity contribution in [3.05, 3.63) is 17.5 Å². The Morgan fingerprint density at radius 3 is 3.00 bits per heavy atom. The molecule has 3 rings (SSSR count). The minimum atomic E-state index is 0.501. The van der Waals surface area contributed by atoms with Crippen molar-refractivity contribution >= 4 is 0 Å². The molecular formula is C14H23N3O2. The largest absolute Gasteiger partial charge is 0.379 e. The minimum Gasteiger partial charge on any atom is -0.379 e. The van der Waals surface area contributed by atoms with Crippen molar-refractivity contribution in [3.63, 3.8) is 0 Å². The van der Waals surface area contributed by atoms with Crippen LogP contribution in [0.3, 0.4) is 0 Å². The maximum absolute atomic E-state index is 5.75. The van der Waals surface area contributed by atoms with Crippen molar-refractivity contribution in [3.8, 4) is 0 Å². The first kappa shape index (κ1) is 13.1. The van der Waals surface area contributed by atoms with E-state index in [0.29, 0.717) is 12.0 Å². The van der Waals surface area contributed by atoms with E-state index in [4.69, 9.17) is 9.26 Å². The van der Waals surface area contributed by atoms with Gasteiger partial charge in [0.15, 0.2) is 5.76 Å². The maximum Gasteiger partial charge on any atom is 0.150 e. The van der Waals surface area contributed by atoms with Gasteiger partial charge in [0.1, 0.15) is 0 Å². The number of likely N-dealkylation sites (N-methyl/N-ethyl adjacent to an activating group) is 1. The summed E-state index contributed by atoms with van der Waals surface area (Å²) in [6, 6.07) is 2.59. The van der Waals surface area contributed by atoms with Crippen molar-refractivity contribution in [2.24, 2.45) is 5.92 Å². The highest BCUT2D eigenvalue weighted by Crippen LogP contribution is 2.20. The van der Waals surface area contributed by atoms with Crippen LogP contribution in [0.5, 0.6) is 0 Å². The van der Waals surface area contributed by atoms with Crippen LogP contribution in [0.2, 0.25) is 0 Å². The summed E-state index contributed by atoms with van der Waals surface area (Å²) >= 11 is 0. The first-order chi connectivity index (χ1) is 9.24. The molecule has 5 nitrogen and oxygen atoms in total. The second-order valence-corrected chi connectivity index (χ2v) is 5.83. The number of fused-ring (bicyclic) bond motifs is 3. The van der Waals surface area contributed by atoms with Crippen LogP contribution in [-0.2, 0) is 17.7 Å². The van der Waals surface area contributed by atoms with E-state index in [1.165, 1.54) is 0 Å². The lowest BCUT2D eigenvalue weighted by molar-refractivity contribution is 0.0490. The van der Waals surface area contributed by atoms with E-state index in [0.717, 1.165) is 57.3 Å². The van der Waals surface area contributed by atoms with Crippen LogP contribution in [-0.4, -0.2) is 60.9 Å². The molecule has 2 aliphatic rings. The molecule has 0 spiro atoms. The molecule has 0 aliphatic carbocycles. The summed E-state index contributed by atoms with van der Waals surface area (Å²) in [5.41, 5.74) is 1.05. The summed E-state index contributed by atoms with van der Waals surface area (Å²) in [5.74, 6) is 1.59. The van der Waals surface area contributed by atoms with Gasteiger partial charge >= 0.3 is 0 Å². The molecule has 1 aromatic rings. The van der Waals surface area contributed by atoms with Gasteiger partial charge in [-0.2, -0.15) is 0 Å². The highest BCUT2D eigenvalue weighted by atomic mass is 16.5. The third kappa shape index (κ3) is 2.99. The first-order valence-electron chi connectivity index (χ1n) is 7.19. The third-order valence-electron chi connectivity index (χ3n) is 4.17. The Hall–Kier alpha value is -0.910. The van der Waals surface area contributed by atoms with E-state index in [1.54, 1.807) is 0 Å². The molecule has 2 aliphatic heterocycles. The van der Waals surface area contributed by atoms with Gasteiger partial charge in [0.05, 0.1) is 25.5 Å². The number of aryl methyl sites for hydroxylation is 1. The molecule has 1 aromatic heterocycles. The van der Waals surface area contributed by atoms with Crippen LogP contribution >= 0.6 is 0 Å². The standard InChI is InChI=1S/C14H23N3O2/c1-3-12-4-14(19-15-12)8-17-6-11-5-16(2)13(7-17)10-18-9-11/h4,11,13H,3,5-10H2,1-2H3/t11-,13+/m1/s1. The Morgan fingerprint density at radius 2 is 2.21 bits per heavy atom. The van der Waals surface area contributed by atoms with Crippen LogP contribution in [0.15, 0.2) is 10.6 Å². The van der Waals surface area contributed by atoms with E-state index >= 15 is 0 Å². The lowest BCUT2D eigenvalue weighted by Gasteiger charge is -2.28. The van der Waals surface area contributed by atoms with Crippen molar-refractivity contribution in [1.29, 1.82) is 0 Å². The SMILES string of the molecule is CCc1cc(CN2C[C@@H]3COC[C@H](C2)N(C)C3)on1. The molecule has 0 amide bonds. The fourth-order valence-electron chi connectivity index (χ4n) is 3.09. The molecular weight excluding hydrogens is 242 g/mol. The van der Waals surface area contributed by atoms with Gasteiger partial charge in [0.2, 0.25) is 0 Å². The van der Waals surface area contributed by atoms with E-state index < -0.39 is 0 Å². The molecule has 106 valence electrons. The summed E-state index contributed by atoms with van der Waals surface area (Å²) in [4.78, 5) is 4.93. The molecule has 5 heteroatoms. The second-order valence-electron chi connectivity index (χ2n) is 5.83. The van der Waals surface area contributed by atoms with E-state index in [9.17, 15) is 0 Å². The van der Waals surface area contributed by atoms with Gasteiger partial charge in [0, 0.05) is 37.7 Å². The van der Waals surface area contributed by atoms with Crippen LogP contribution in [0.1, 0.15) is 18.4 Å². The predicted molar refractivity (Wildman–Crippen MR) is 71.9 cm³/mol. The number of aromatic nitrogens is 1. The summed E-state index contributed by atoms with van der Waals surface area (Å²) in [5, 5.41) is 4.07. The summed E-state index contributed by atoms with van der Waals surface area (Å²) in [6.07, 6.45) is 0.936. The second kappa shape index (κ2) is 5.61. The normalized spacial score (nSPS) is 29.4. The van der Waals surface area contributed by atoms with Crippen molar-refractivity contribution in [2.75, 3.05) is 39.9 Å². The summed E-state index contributed by atoms with van der Waals surface area (Å²) in [7, 11) is 2.21. The Balaban J connectivity index is 1.68. The van der Waals surface area contributed by atoms with Gasteiger partial charge in [-0.3, -0.25) is 9.80 Å². The van der Waals surface area contributed by atoms with Gasteiger partial charge < -0.3 is 9.26 Å². The predicted octanol–water partition coefficient (Wildman–Crippen LogP) is 0.999. The van der Waals surface area contributed by atoms with Gasteiger partial charge in [-0.25, -0.2) is 0 Å². The fourth-order valence-corrected chi connectivity index (χ4v) is 3.09. The highest BCUT2D eigenvalue weighted by Gasteiger charge is 2.31. The summed E-state index contributed by atoms with van der Waals surface area (Å²) in [6.45, 7) is 7.97. The lowest BCUT2D eigenvalue weighted by Crippen LogP contribution is -2.41. The Morgan fingerprint density at radius 1 is 1.32 bits per heavy atom. The highest BCUT2D eigenvalue weighted by molar-refractivity contribution is 5.05. The molecule has 2 fully saturated rings. The topological polar surface area (TPSA) is 41.7 Å². The van der Waals surface area contributed by atoms with Crippen LogP contribution in [0.25, 0.3) is 0 Å².